The molecule has 0 saturated carbocycles. The van der Waals surface area contributed by atoms with Crippen LogP contribution in [0, 0.1) is 5.92 Å². The fraction of sp³-hybridized carbons (Fsp3) is 0.333. The second-order valence-corrected chi connectivity index (χ2v) is 9.96. The number of alkyl halides is 3. The SMILES string of the molecule is O=C1Cc2ccc(Nc3ncnc4sc5c(c34)CCC(C(=O)NCC(F)(F)F)C5)cc2S1. The van der Waals surface area contributed by atoms with Crippen molar-refractivity contribution < 1.29 is 22.8 Å². The van der Waals surface area contributed by atoms with Crippen LogP contribution in [0.2, 0.25) is 0 Å². The number of rotatable bonds is 4. The van der Waals surface area contributed by atoms with E-state index < -0.39 is 24.5 Å². The quantitative estimate of drug-likeness (QED) is 0.579. The van der Waals surface area contributed by atoms with Gasteiger partial charge in [0, 0.05) is 27.8 Å². The Morgan fingerprint density at radius 1 is 1.25 bits per heavy atom. The molecule has 32 heavy (non-hydrogen) atoms. The Morgan fingerprint density at radius 2 is 2.09 bits per heavy atom. The number of amides is 1. The van der Waals surface area contributed by atoms with Crippen LogP contribution in [0.1, 0.15) is 22.4 Å². The van der Waals surface area contributed by atoms with Crippen molar-refractivity contribution in [3.05, 3.63) is 40.5 Å². The molecule has 2 aromatic heterocycles. The number of carbonyl (C=O) groups excluding carboxylic acids is 2. The van der Waals surface area contributed by atoms with E-state index in [9.17, 15) is 22.8 Å². The van der Waals surface area contributed by atoms with Gasteiger partial charge in [-0.2, -0.15) is 13.2 Å². The van der Waals surface area contributed by atoms with Gasteiger partial charge in [0.1, 0.15) is 23.5 Å². The third-order valence-electron chi connectivity index (χ3n) is 5.57. The predicted molar refractivity (Wildman–Crippen MR) is 116 cm³/mol. The maximum atomic E-state index is 12.4. The average molecular weight is 479 g/mol. The van der Waals surface area contributed by atoms with Crippen molar-refractivity contribution >= 4 is 55.8 Å². The summed E-state index contributed by atoms with van der Waals surface area (Å²) in [6.45, 7) is -1.31. The van der Waals surface area contributed by atoms with Crippen LogP contribution in [0.15, 0.2) is 29.4 Å². The van der Waals surface area contributed by atoms with Gasteiger partial charge < -0.3 is 10.6 Å². The fourth-order valence-corrected chi connectivity index (χ4v) is 6.28. The van der Waals surface area contributed by atoms with E-state index >= 15 is 0 Å². The van der Waals surface area contributed by atoms with Crippen molar-refractivity contribution in [2.24, 2.45) is 5.92 Å². The highest BCUT2D eigenvalue weighted by molar-refractivity contribution is 8.14. The summed E-state index contributed by atoms with van der Waals surface area (Å²) in [5.41, 5.74) is 2.87. The highest BCUT2D eigenvalue weighted by Gasteiger charge is 2.32. The van der Waals surface area contributed by atoms with Gasteiger partial charge >= 0.3 is 6.18 Å². The van der Waals surface area contributed by atoms with Gasteiger partial charge in [0.2, 0.25) is 5.91 Å². The molecule has 6 nitrogen and oxygen atoms in total. The summed E-state index contributed by atoms with van der Waals surface area (Å²) in [7, 11) is 0. The Hall–Kier alpha value is -2.66. The third-order valence-corrected chi connectivity index (χ3v) is 7.70. The molecular weight excluding hydrogens is 461 g/mol. The van der Waals surface area contributed by atoms with Gasteiger partial charge in [-0.15, -0.1) is 11.3 Å². The number of hydrogen-bond acceptors (Lipinski definition) is 7. The van der Waals surface area contributed by atoms with Crippen LogP contribution in [0.5, 0.6) is 0 Å². The summed E-state index contributed by atoms with van der Waals surface area (Å²) in [5, 5.41) is 6.33. The van der Waals surface area contributed by atoms with E-state index in [-0.39, 0.29) is 5.12 Å². The first-order valence-corrected chi connectivity index (χ1v) is 11.6. The zero-order valence-corrected chi connectivity index (χ0v) is 18.2. The number of nitrogens with zero attached hydrogens (tertiary/aromatic N) is 2. The van der Waals surface area contributed by atoms with E-state index in [0.29, 0.717) is 31.5 Å². The topological polar surface area (TPSA) is 84.0 Å². The average Bonchev–Trinajstić information content (AvgIpc) is 3.30. The molecule has 3 heterocycles. The summed E-state index contributed by atoms with van der Waals surface area (Å²) in [6.07, 6.45) is -1.10. The largest absolute Gasteiger partial charge is 0.405 e. The van der Waals surface area contributed by atoms with Crippen molar-refractivity contribution in [1.82, 2.24) is 15.3 Å². The number of hydrogen-bond donors (Lipinski definition) is 2. The minimum atomic E-state index is -4.42. The molecule has 166 valence electrons. The number of aryl methyl sites for hydroxylation is 1. The first-order chi connectivity index (χ1) is 15.3. The van der Waals surface area contributed by atoms with Gasteiger partial charge in [-0.3, -0.25) is 9.59 Å². The van der Waals surface area contributed by atoms with Crippen LogP contribution in [0.4, 0.5) is 24.7 Å². The van der Waals surface area contributed by atoms with Crippen LogP contribution >= 0.6 is 23.1 Å². The van der Waals surface area contributed by atoms with E-state index in [4.69, 9.17) is 0 Å². The van der Waals surface area contributed by atoms with Crippen molar-refractivity contribution in [2.75, 3.05) is 11.9 Å². The van der Waals surface area contributed by atoms with Gasteiger partial charge in [0.15, 0.2) is 5.12 Å². The Bertz CT molecular complexity index is 1240. The monoisotopic (exact) mass is 478 g/mol. The van der Waals surface area contributed by atoms with Gasteiger partial charge in [0.05, 0.1) is 5.39 Å². The van der Waals surface area contributed by atoms with Crippen LogP contribution < -0.4 is 10.6 Å². The number of thiophene rings is 1. The molecule has 3 aromatic rings. The van der Waals surface area contributed by atoms with Crippen LogP contribution in [-0.4, -0.2) is 33.7 Å². The first kappa shape index (κ1) is 21.2. The van der Waals surface area contributed by atoms with Gasteiger partial charge in [-0.25, -0.2) is 9.97 Å². The van der Waals surface area contributed by atoms with Crippen LogP contribution in [-0.2, 0) is 28.9 Å². The lowest BCUT2D eigenvalue weighted by molar-refractivity contribution is -0.141. The number of benzene rings is 1. The summed E-state index contributed by atoms with van der Waals surface area (Å²) in [6, 6.07) is 5.77. The Balaban J connectivity index is 1.39. The molecular formula is C21H17F3N4O2S2. The highest BCUT2D eigenvalue weighted by Crippen LogP contribution is 2.41. The number of aromatic nitrogens is 2. The Labute approximate surface area is 189 Å². The fourth-order valence-electron chi connectivity index (χ4n) is 4.08. The van der Waals surface area contributed by atoms with Crippen molar-refractivity contribution in [2.45, 2.75) is 36.8 Å². The molecule has 1 atom stereocenters. The number of fused-ring (bicyclic) bond motifs is 4. The van der Waals surface area contributed by atoms with Crippen molar-refractivity contribution in [1.29, 1.82) is 0 Å². The summed E-state index contributed by atoms with van der Waals surface area (Å²) in [4.78, 5) is 35.3. The number of nitrogens with one attached hydrogen (secondary N) is 2. The number of halogens is 3. The van der Waals surface area contributed by atoms with E-state index in [1.807, 2.05) is 23.5 Å². The van der Waals surface area contributed by atoms with E-state index in [0.717, 1.165) is 36.8 Å². The van der Waals surface area contributed by atoms with Gasteiger partial charge in [-0.05, 0) is 42.5 Å². The molecule has 0 fully saturated rings. The lowest BCUT2D eigenvalue weighted by Crippen LogP contribution is -2.39. The van der Waals surface area contributed by atoms with E-state index in [2.05, 4.69) is 15.3 Å². The van der Waals surface area contributed by atoms with E-state index in [1.54, 1.807) is 0 Å². The summed E-state index contributed by atoms with van der Waals surface area (Å²) in [5.74, 6) is -0.421. The lowest BCUT2D eigenvalue weighted by atomic mass is 9.87. The molecule has 11 heteroatoms. The predicted octanol–water partition coefficient (Wildman–Crippen LogP) is 4.39. The second-order valence-electron chi connectivity index (χ2n) is 7.78. The zero-order valence-electron chi connectivity index (χ0n) is 16.6. The van der Waals surface area contributed by atoms with Crippen molar-refractivity contribution in [3.8, 4) is 0 Å². The molecule has 0 spiro atoms. The number of anilines is 2. The number of carbonyl (C=O) groups is 2. The molecule has 1 aliphatic carbocycles. The molecule has 2 N–H and O–H groups in total. The van der Waals surface area contributed by atoms with E-state index in [1.165, 1.54) is 29.4 Å². The van der Waals surface area contributed by atoms with Crippen LogP contribution in [0.3, 0.4) is 0 Å². The smallest absolute Gasteiger partial charge is 0.347 e. The first-order valence-electron chi connectivity index (χ1n) is 9.97. The standard InChI is InChI=1S/C21H17F3N4O2S2/c22-21(23,24)8-25-19(30)11-2-4-13-15(5-11)32-20-17(13)18(26-9-27-20)28-12-3-1-10-6-16(29)31-14(10)7-12/h1,3,7,9,11H,2,4-6,8H2,(H,25,30)(H,26,27,28). The van der Waals surface area contributed by atoms with Crippen LogP contribution in [0.25, 0.3) is 10.2 Å². The summed E-state index contributed by atoms with van der Waals surface area (Å²) >= 11 is 2.68. The maximum Gasteiger partial charge on any atom is 0.405 e. The van der Waals surface area contributed by atoms with Gasteiger partial charge in [0.25, 0.3) is 0 Å². The molecule has 0 radical (unpaired) electrons. The molecule has 0 bridgehead atoms. The minimum absolute atomic E-state index is 0.127. The zero-order chi connectivity index (χ0) is 22.5. The van der Waals surface area contributed by atoms with Gasteiger partial charge in [-0.1, -0.05) is 17.8 Å². The third kappa shape index (κ3) is 4.18. The molecule has 5 rings (SSSR count). The molecule has 1 amide bonds. The number of thioether (sulfide) groups is 1. The normalized spacial score (nSPS) is 17.8. The highest BCUT2D eigenvalue weighted by atomic mass is 32.2. The summed E-state index contributed by atoms with van der Waals surface area (Å²) < 4.78 is 37.3. The van der Waals surface area contributed by atoms with Crippen molar-refractivity contribution in [3.63, 3.8) is 0 Å². The Morgan fingerprint density at radius 3 is 2.91 bits per heavy atom. The molecule has 1 aromatic carbocycles. The lowest BCUT2D eigenvalue weighted by Gasteiger charge is -2.22. The molecule has 1 unspecified atom stereocenters. The minimum Gasteiger partial charge on any atom is -0.347 e. The maximum absolute atomic E-state index is 12.4. The second kappa shape index (κ2) is 8.04. The molecule has 2 aliphatic rings. The molecule has 0 saturated heterocycles. The molecule has 1 aliphatic heterocycles. The Kier molecular flexibility index (Phi) is 5.32.